The molecule has 4 nitrogen and oxygen atoms in total. The summed E-state index contributed by atoms with van der Waals surface area (Å²) in [6, 6.07) is 12.3. The third kappa shape index (κ3) is 3.97. The van der Waals surface area contributed by atoms with Crippen molar-refractivity contribution in [1.29, 1.82) is 0 Å². The average Bonchev–Trinajstić information content (AvgIpc) is 2.56. The molecule has 1 atom stereocenters. The van der Waals surface area contributed by atoms with Crippen molar-refractivity contribution >= 4 is 11.8 Å². The number of hydrogen-bond donors (Lipinski definition) is 0. The molecule has 2 aromatic carbocycles. The number of ketones is 1. The van der Waals surface area contributed by atoms with E-state index in [1.165, 1.54) is 0 Å². The Kier molecular flexibility index (Phi) is 5.16. The molecule has 0 saturated heterocycles. The minimum atomic E-state index is -0.851. The molecular weight excluding hydrogens is 292 g/mol. The molecule has 2 aromatic rings. The van der Waals surface area contributed by atoms with Gasteiger partial charge in [-0.15, -0.1) is 0 Å². The highest BCUT2D eigenvalue weighted by molar-refractivity contribution is 6.01. The fourth-order valence-electron chi connectivity index (χ4n) is 2.22. The van der Waals surface area contributed by atoms with Crippen LogP contribution in [0.5, 0.6) is 5.75 Å². The maximum Gasteiger partial charge on any atom is 0.339 e. The van der Waals surface area contributed by atoms with E-state index in [1.54, 1.807) is 44.4 Å². The molecule has 0 aliphatic heterocycles. The fraction of sp³-hybridized carbons (Fsp3) is 0.263. The zero-order valence-corrected chi connectivity index (χ0v) is 13.8. The van der Waals surface area contributed by atoms with Crippen LogP contribution in [0.4, 0.5) is 0 Å². The van der Waals surface area contributed by atoms with E-state index in [-0.39, 0.29) is 5.78 Å². The Hall–Kier alpha value is -2.62. The summed E-state index contributed by atoms with van der Waals surface area (Å²) in [5.74, 6) is -0.0616. The molecule has 0 aliphatic carbocycles. The van der Waals surface area contributed by atoms with Crippen molar-refractivity contribution in [2.75, 3.05) is 7.11 Å². The molecule has 120 valence electrons. The predicted octanol–water partition coefficient (Wildman–Crippen LogP) is 3.74. The van der Waals surface area contributed by atoms with Gasteiger partial charge in [0.2, 0.25) is 5.78 Å². The molecule has 0 bridgehead atoms. The molecule has 23 heavy (non-hydrogen) atoms. The Bertz CT molecular complexity index is 717. The summed E-state index contributed by atoms with van der Waals surface area (Å²) >= 11 is 0. The van der Waals surface area contributed by atoms with Crippen LogP contribution in [0.15, 0.2) is 42.5 Å². The molecule has 2 rings (SSSR count). The van der Waals surface area contributed by atoms with Crippen molar-refractivity contribution in [2.45, 2.75) is 26.9 Å². The van der Waals surface area contributed by atoms with Crippen LogP contribution < -0.4 is 4.74 Å². The van der Waals surface area contributed by atoms with Crippen molar-refractivity contribution in [2.24, 2.45) is 0 Å². The maximum atomic E-state index is 12.3. The lowest BCUT2D eigenvalue weighted by atomic mass is 10.1. The predicted molar refractivity (Wildman–Crippen MR) is 88.1 cm³/mol. The summed E-state index contributed by atoms with van der Waals surface area (Å²) in [5.41, 5.74) is 2.76. The number of rotatable bonds is 5. The van der Waals surface area contributed by atoms with E-state index < -0.39 is 12.1 Å². The molecule has 0 spiro atoms. The van der Waals surface area contributed by atoms with E-state index in [4.69, 9.17) is 9.47 Å². The van der Waals surface area contributed by atoms with Crippen molar-refractivity contribution in [3.8, 4) is 5.75 Å². The Morgan fingerprint density at radius 1 is 1.00 bits per heavy atom. The summed E-state index contributed by atoms with van der Waals surface area (Å²) in [7, 11) is 1.56. The molecule has 0 N–H and O–H groups in total. The molecular formula is C19H20O4. The SMILES string of the molecule is COc1ccc(C(=O)[C@@H](C)OC(=O)c2cc(C)ccc2C)cc1. The minimum absolute atomic E-state index is 0.244. The molecule has 0 unspecified atom stereocenters. The minimum Gasteiger partial charge on any atom is -0.497 e. The topological polar surface area (TPSA) is 52.6 Å². The Morgan fingerprint density at radius 2 is 1.65 bits per heavy atom. The van der Waals surface area contributed by atoms with Crippen LogP contribution in [0.25, 0.3) is 0 Å². The van der Waals surface area contributed by atoms with Crippen molar-refractivity contribution < 1.29 is 19.1 Å². The average molecular weight is 312 g/mol. The molecule has 0 amide bonds. The van der Waals surface area contributed by atoms with Crippen molar-refractivity contribution in [1.82, 2.24) is 0 Å². The van der Waals surface area contributed by atoms with Crippen LogP contribution in [0.2, 0.25) is 0 Å². The second kappa shape index (κ2) is 7.09. The molecule has 0 radical (unpaired) electrons. The van der Waals surface area contributed by atoms with Gasteiger partial charge in [0.15, 0.2) is 6.10 Å². The molecule has 0 heterocycles. The van der Waals surface area contributed by atoms with Gasteiger partial charge in [0, 0.05) is 5.56 Å². The Morgan fingerprint density at radius 3 is 2.26 bits per heavy atom. The number of esters is 1. The number of Topliss-reactive ketones (excluding diaryl/α,β-unsaturated/α-hetero) is 1. The lowest BCUT2D eigenvalue weighted by molar-refractivity contribution is 0.0318. The smallest absolute Gasteiger partial charge is 0.339 e. The summed E-state index contributed by atoms with van der Waals surface area (Å²) in [6.07, 6.45) is -0.851. The zero-order valence-electron chi connectivity index (χ0n) is 13.8. The monoisotopic (exact) mass is 312 g/mol. The van der Waals surface area contributed by atoms with Crippen LogP contribution in [0.3, 0.4) is 0 Å². The van der Waals surface area contributed by atoms with E-state index in [9.17, 15) is 9.59 Å². The van der Waals surface area contributed by atoms with Crippen molar-refractivity contribution in [3.63, 3.8) is 0 Å². The van der Waals surface area contributed by atoms with E-state index in [2.05, 4.69) is 0 Å². The highest BCUT2D eigenvalue weighted by Crippen LogP contribution is 2.16. The number of carbonyl (C=O) groups excluding carboxylic acids is 2. The van der Waals surface area contributed by atoms with Gasteiger partial charge in [0.1, 0.15) is 5.75 Å². The van der Waals surface area contributed by atoms with E-state index in [0.717, 1.165) is 11.1 Å². The van der Waals surface area contributed by atoms with Gasteiger partial charge in [-0.3, -0.25) is 4.79 Å². The Labute approximate surface area is 136 Å². The van der Waals surface area contributed by atoms with Crippen LogP contribution >= 0.6 is 0 Å². The number of aryl methyl sites for hydroxylation is 2. The maximum absolute atomic E-state index is 12.3. The fourth-order valence-corrected chi connectivity index (χ4v) is 2.22. The van der Waals surface area contributed by atoms with Gasteiger partial charge >= 0.3 is 5.97 Å². The number of methoxy groups -OCH3 is 1. The van der Waals surface area contributed by atoms with E-state index in [0.29, 0.717) is 16.9 Å². The molecule has 0 aliphatic rings. The van der Waals surface area contributed by atoms with E-state index >= 15 is 0 Å². The number of ether oxygens (including phenoxy) is 2. The first kappa shape index (κ1) is 16.7. The first-order valence-electron chi connectivity index (χ1n) is 7.39. The second-order valence-corrected chi connectivity index (χ2v) is 5.46. The molecule has 0 saturated carbocycles. The highest BCUT2D eigenvalue weighted by Gasteiger charge is 2.21. The number of hydrogen-bond acceptors (Lipinski definition) is 4. The highest BCUT2D eigenvalue weighted by atomic mass is 16.5. The van der Waals surface area contributed by atoms with Gasteiger partial charge in [-0.1, -0.05) is 17.7 Å². The number of benzene rings is 2. The van der Waals surface area contributed by atoms with Gasteiger partial charge in [-0.2, -0.15) is 0 Å². The lowest BCUT2D eigenvalue weighted by Gasteiger charge is -2.14. The van der Waals surface area contributed by atoms with Crippen LogP contribution in [0.1, 0.15) is 38.8 Å². The van der Waals surface area contributed by atoms with Crippen LogP contribution in [-0.4, -0.2) is 25.0 Å². The summed E-state index contributed by atoms with van der Waals surface area (Å²) in [5, 5.41) is 0. The molecule has 0 aromatic heterocycles. The summed E-state index contributed by atoms with van der Waals surface area (Å²) in [4.78, 5) is 24.6. The van der Waals surface area contributed by atoms with Gasteiger partial charge in [0.05, 0.1) is 12.7 Å². The summed E-state index contributed by atoms with van der Waals surface area (Å²) in [6.45, 7) is 5.32. The third-order valence-corrected chi connectivity index (χ3v) is 3.64. The largest absolute Gasteiger partial charge is 0.497 e. The van der Waals surface area contributed by atoms with Crippen LogP contribution in [-0.2, 0) is 4.74 Å². The van der Waals surface area contributed by atoms with Gasteiger partial charge < -0.3 is 9.47 Å². The first-order chi connectivity index (χ1) is 10.9. The standard InChI is InChI=1S/C19H20O4/c1-12-5-6-13(2)17(11-12)19(21)23-14(3)18(20)15-7-9-16(22-4)10-8-15/h5-11,14H,1-4H3/t14-/m1/s1. The van der Waals surface area contributed by atoms with Gasteiger partial charge in [-0.05, 0) is 56.7 Å². The van der Waals surface area contributed by atoms with E-state index in [1.807, 2.05) is 26.0 Å². The number of carbonyl (C=O) groups is 2. The van der Waals surface area contributed by atoms with Crippen molar-refractivity contribution in [3.05, 3.63) is 64.7 Å². The molecule has 0 fully saturated rings. The zero-order chi connectivity index (χ0) is 17.0. The Balaban J connectivity index is 2.10. The van der Waals surface area contributed by atoms with Gasteiger partial charge in [0.25, 0.3) is 0 Å². The third-order valence-electron chi connectivity index (χ3n) is 3.64. The quantitative estimate of drug-likeness (QED) is 0.623. The van der Waals surface area contributed by atoms with Gasteiger partial charge in [-0.25, -0.2) is 4.79 Å². The second-order valence-electron chi connectivity index (χ2n) is 5.46. The summed E-state index contributed by atoms with van der Waals surface area (Å²) < 4.78 is 10.4. The molecule has 4 heteroatoms. The van der Waals surface area contributed by atoms with Crippen LogP contribution in [0, 0.1) is 13.8 Å². The lowest BCUT2D eigenvalue weighted by Crippen LogP contribution is -2.24. The normalized spacial score (nSPS) is 11.7. The first-order valence-corrected chi connectivity index (χ1v) is 7.39.